The number of nitrogens with one attached hydrogen (secondary N) is 2. The Balaban J connectivity index is 1.57. The Kier molecular flexibility index (Phi) is 2.74. The zero-order valence-electron chi connectivity index (χ0n) is 9.98. The molecule has 18 heavy (non-hydrogen) atoms. The summed E-state index contributed by atoms with van der Waals surface area (Å²) in [5.41, 5.74) is 0.677. The van der Waals surface area contributed by atoms with Crippen molar-refractivity contribution in [3.63, 3.8) is 0 Å². The zero-order valence-corrected chi connectivity index (χ0v) is 9.98. The fraction of sp³-hybridized carbons (Fsp3) is 0.462. The lowest BCUT2D eigenvalue weighted by atomic mass is 10.3. The normalized spacial score (nSPS) is 18.2. The summed E-state index contributed by atoms with van der Waals surface area (Å²) >= 11 is 0. The zero-order chi connectivity index (χ0) is 12.5. The van der Waals surface area contributed by atoms with Gasteiger partial charge in [0, 0.05) is 11.8 Å². The summed E-state index contributed by atoms with van der Waals surface area (Å²) < 4.78 is 0. The SMILES string of the molecule is O=C(Nc1ccc(NC(=O)C2CC2)nc1)C1CC1. The van der Waals surface area contributed by atoms with Crippen LogP contribution in [0.4, 0.5) is 11.5 Å². The third-order valence-corrected chi connectivity index (χ3v) is 3.18. The Hall–Kier alpha value is -1.91. The van der Waals surface area contributed by atoms with Crippen molar-refractivity contribution in [3.8, 4) is 0 Å². The maximum atomic E-state index is 11.5. The molecule has 0 saturated heterocycles. The summed E-state index contributed by atoms with van der Waals surface area (Å²) in [5, 5.41) is 5.56. The van der Waals surface area contributed by atoms with Crippen LogP contribution < -0.4 is 10.6 Å². The molecule has 2 amide bonds. The highest BCUT2D eigenvalue weighted by Gasteiger charge is 2.30. The van der Waals surface area contributed by atoms with Gasteiger partial charge < -0.3 is 10.6 Å². The van der Waals surface area contributed by atoms with E-state index in [4.69, 9.17) is 0 Å². The van der Waals surface area contributed by atoms with E-state index in [2.05, 4.69) is 15.6 Å². The number of rotatable bonds is 4. The number of aromatic nitrogens is 1. The summed E-state index contributed by atoms with van der Waals surface area (Å²) in [4.78, 5) is 27.2. The summed E-state index contributed by atoms with van der Waals surface area (Å²) in [7, 11) is 0. The van der Waals surface area contributed by atoms with Crippen molar-refractivity contribution in [2.45, 2.75) is 25.7 Å². The largest absolute Gasteiger partial charge is 0.324 e. The number of amides is 2. The number of carbonyl (C=O) groups excluding carboxylic acids is 2. The fourth-order valence-electron chi connectivity index (χ4n) is 1.71. The van der Waals surface area contributed by atoms with Gasteiger partial charge in [0.2, 0.25) is 11.8 Å². The monoisotopic (exact) mass is 245 g/mol. The van der Waals surface area contributed by atoms with Crippen molar-refractivity contribution in [2.75, 3.05) is 10.6 Å². The van der Waals surface area contributed by atoms with E-state index in [1.807, 2.05) is 0 Å². The quantitative estimate of drug-likeness (QED) is 0.849. The molecule has 2 fully saturated rings. The summed E-state index contributed by atoms with van der Waals surface area (Å²) in [6.07, 6.45) is 5.48. The molecular weight excluding hydrogens is 230 g/mol. The van der Waals surface area contributed by atoms with Crippen molar-refractivity contribution in [2.24, 2.45) is 11.8 Å². The number of anilines is 2. The third-order valence-electron chi connectivity index (χ3n) is 3.18. The molecule has 94 valence electrons. The molecule has 0 radical (unpaired) electrons. The molecule has 0 unspecified atom stereocenters. The van der Waals surface area contributed by atoms with E-state index in [1.165, 1.54) is 0 Å². The van der Waals surface area contributed by atoms with Gasteiger partial charge in [0.15, 0.2) is 0 Å². The molecule has 2 aliphatic rings. The first-order valence-corrected chi connectivity index (χ1v) is 6.30. The molecule has 2 N–H and O–H groups in total. The molecule has 1 aromatic rings. The molecule has 2 aliphatic carbocycles. The molecule has 0 spiro atoms. The molecule has 0 atom stereocenters. The maximum absolute atomic E-state index is 11.5. The first kappa shape index (κ1) is 11.2. The minimum Gasteiger partial charge on any atom is -0.324 e. The van der Waals surface area contributed by atoms with E-state index < -0.39 is 0 Å². The van der Waals surface area contributed by atoms with Crippen LogP contribution in [0, 0.1) is 11.8 Å². The van der Waals surface area contributed by atoms with Crippen LogP contribution in [0.2, 0.25) is 0 Å². The molecule has 0 bridgehead atoms. The number of pyridine rings is 1. The smallest absolute Gasteiger partial charge is 0.228 e. The lowest BCUT2D eigenvalue weighted by molar-refractivity contribution is -0.118. The van der Waals surface area contributed by atoms with E-state index in [-0.39, 0.29) is 23.7 Å². The van der Waals surface area contributed by atoms with E-state index in [1.54, 1.807) is 18.3 Å². The molecule has 3 rings (SSSR count). The van der Waals surface area contributed by atoms with Crippen molar-refractivity contribution in [1.82, 2.24) is 4.98 Å². The summed E-state index contributed by atoms with van der Waals surface area (Å²) in [6.45, 7) is 0. The highest BCUT2D eigenvalue weighted by atomic mass is 16.2. The van der Waals surface area contributed by atoms with Crippen molar-refractivity contribution >= 4 is 23.3 Å². The van der Waals surface area contributed by atoms with Gasteiger partial charge in [-0.25, -0.2) is 4.98 Å². The molecule has 0 aromatic carbocycles. The molecule has 1 aromatic heterocycles. The van der Waals surface area contributed by atoms with E-state index in [9.17, 15) is 9.59 Å². The standard InChI is InChI=1S/C13H15N3O2/c17-12(8-1-2-8)15-10-5-6-11(14-7-10)16-13(18)9-3-4-9/h5-9H,1-4H2,(H,15,17)(H,14,16,18). The minimum atomic E-state index is 0.0391. The van der Waals surface area contributed by atoms with Gasteiger partial charge in [0.25, 0.3) is 0 Å². The summed E-state index contributed by atoms with van der Waals surface area (Å²) in [6, 6.07) is 3.47. The van der Waals surface area contributed by atoms with Gasteiger partial charge in [0.05, 0.1) is 11.9 Å². The second kappa shape index (κ2) is 4.40. The van der Waals surface area contributed by atoms with Crippen LogP contribution in [0.1, 0.15) is 25.7 Å². The fourth-order valence-corrected chi connectivity index (χ4v) is 1.71. The van der Waals surface area contributed by atoms with Crippen molar-refractivity contribution in [3.05, 3.63) is 18.3 Å². The van der Waals surface area contributed by atoms with Gasteiger partial charge in [-0.3, -0.25) is 9.59 Å². The second-order valence-electron chi connectivity index (χ2n) is 4.96. The lowest BCUT2D eigenvalue weighted by Gasteiger charge is -2.06. The molecule has 5 nitrogen and oxygen atoms in total. The Morgan fingerprint density at radius 1 is 1.00 bits per heavy atom. The molecule has 5 heteroatoms. The van der Waals surface area contributed by atoms with Crippen molar-refractivity contribution < 1.29 is 9.59 Å². The van der Waals surface area contributed by atoms with Gasteiger partial charge in [-0.1, -0.05) is 0 Å². The van der Waals surface area contributed by atoms with Gasteiger partial charge in [-0.05, 0) is 37.8 Å². The number of carbonyl (C=O) groups is 2. The Morgan fingerprint density at radius 2 is 1.61 bits per heavy atom. The van der Waals surface area contributed by atoms with Crippen molar-refractivity contribution in [1.29, 1.82) is 0 Å². The molecule has 2 saturated carbocycles. The topological polar surface area (TPSA) is 71.1 Å². The third kappa shape index (κ3) is 2.67. The van der Waals surface area contributed by atoms with E-state index in [0.717, 1.165) is 25.7 Å². The first-order chi connectivity index (χ1) is 8.72. The van der Waals surface area contributed by atoms with Crippen LogP contribution >= 0.6 is 0 Å². The Morgan fingerprint density at radius 3 is 2.11 bits per heavy atom. The highest BCUT2D eigenvalue weighted by Crippen LogP contribution is 2.31. The number of hydrogen-bond donors (Lipinski definition) is 2. The van der Waals surface area contributed by atoms with Crippen LogP contribution in [-0.2, 0) is 9.59 Å². The average molecular weight is 245 g/mol. The summed E-state index contributed by atoms with van der Waals surface area (Å²) in [5.74, 6) is 0.987. The van der Waals surface area contributed by atoms with Gasteiger partial charge in [-0.2, -0.15) is 0 Å². The lowest BCUT2D eigenvalue weighted by Crippen LogP contribution is -2.15. The van der Waals surface area contributed by atoms with Crippen LogP contribution in [0.5, 0.6) is 0 Å². The average Bonchev–Trinajstić information content (AvgIpc) is 3.22. The second-order valence-corrected chi connectivity index (χ2v) is 4.96. The predicted octanol–water partition coefficient (Wildman–Crippen LogP) is 1.78. The molecule has 1 heterocycles. The first-order valence-electron chi connectivity index (χ1n) is 6.30. The Bertz CT molecular complexity index is 431. The maximum Gasteiger partial charge on any atom is 0.228 e. The van der Waals surface area contributed by atoms with E-state index >= 15 is 0 Å². The minimum absolute atomic E-state index is 0.0391. The van der Waals surface area contributed by atoms with Crippen LogP contribution in [0.3, 0.4) is 0 Å². The molecular formula is C13H15N3O2. The highest BCUT2D eigenvalue weighted by molar-refractivity contribution is 5.95. The van der Waals surface area contributed by atoms with E-state index in [0.29, 0.717) is 11.5 Å². The van der Waals surface area contributed by atoms with Crippen LogP contribution in [0.15, 0.2) is 18.3 Å². The van der Waals surface area contributed by atoms with Crippen LogP contribution in [-0.4, -0.2) is 16.8 Å². The van der Waals surface area contributed by atoms with Gasteiger partial charge in [-0.15, -0.1) is 0 Å². The predicted molar refractivity (Wildman–Crippen MR) is 66.9 cm³/mol. The Labute approximate surface area is 105 Å². The number of nitrogens with zero attached hydrogens (tertiary/aromatic N) is 1. The molecule has 0 aliphatic heterocycles. The van der Waals surface area contributed by atoms with Gasteiger partial charge >= 0.3 is 0 Å². The van der Waals surface area contributed by atoms with Gasteiger partial charge in [0.1, 0.15) is 5.82 Å². The number of hydrogen-bond acceptors (Lipinski definition) is 3. The van der Waals surface area contributed by atoms with Crippen LogP contribution in [0.25, 0.3) is 0 Å².